The molecule has 48 heavy (non-hydrogen) atoms. The summed E-state index contributed by atoms with van der Waals surface area (Å²) in [5.74, 6) is -1.22. The Labute approximate surface area is 293 Å². The van der Waals surface area contributed by atoms with Gasteiger partial charge in [-0.15, -0.1) is 10.1 Å². The lowest BCUT2D eigenvalue weighted by atomic mass is 9.89. The van der Waals surface area contributed by atoms with E-state index >= 15 is 0 Å². The molecule has 0 spiro atoms. The monoisotopic (exact) mass is 680 g/mol. The second-order valence-corrected chi connectivity index (χ2v) is 15.3. The van der Waals surface area contributed by atoms with Crippen LogP contribution in [0.4, 0.5) is 0 Å². The van der Waals surface area contributed by atoms with Gasteiger partial charge in [-0.05, 0) is 113 Å². The van der Waals surface area contributed by atoms with Crippen molar-refractivity contribution < 1.29 is 19.3 Å². The van der Waals surface area contributed by atoms with Crippen molar-refractivity contribution in [3.63, 3.8) is 0 Å². The van der Waals surface area contributed by atoms with Crippen molar-refractivity contribution in [3.05, 3.63) is 118 Å². The molecule has 2 fully saturated rings. The number of carbonyl (C=O) groups excluding carboxylic acids is 2. The smallest absolute Gasteiger partial charge is 0.359 e. The molecule has 0 N–H and O–H groups in total. The van der Waals surface area contributed by atoms with E-state index in [9.17, 15) is 9.59 Å². The van der Waals surface area contributed by atoms with Crippen molar-refractivity contribution in [2.45, 2.75) is 84.8 Å². The van der Waals surface area contributed by atoms with Crippen molar-refractivity contribution in [2.24, 2.45) is 0 Å². The number of rotatable bonds is 8. The van der Waals surface area contributed by atoms with Crippen LogP contribution in [-0.2, 0) is 19.3 Å². The van der Waals surface area contributed by atoms with Gasteiger partial charge in [0, 0.05) is 45.8 Å². The van der Waals surface area contributed by atoms with Crippen LogP contribution in [-0.4, -0.2) is 48.2 Å². The molecule has 4 aromatic rings. The minimum absolute atomic E-state index is 0.352. The Kier molecular flexibility index (Phi) is 11.3. The molecule has 0 bridgehead atoms. The fourth-order valence-corrected chi connectivity index (χ4v) is 8.46. The molecular weight excluding hydrogens is 637 g/mol. The third-order valence-corrected chi connectivity index (χ3v) is 11.4. The molecule has 6 nitrogen and oxygen atoms in total. The summed E-state index contributed by atoms with van der Waals surface area (Å²) < 4.78 is 0. The molecule has 250 valence electrons. The van der Waals surface area contributed by atoms with E-state index in [1.54, 1.807) is 33.7 Å². The molecular formula is C40H44N2O4S2. The summed E-state index contributed by atoms with van der Waals surface area (Å²) in [6, 6.07) is 30.6. The first kappa shape index (κ1) is 34.3. The van der Waals surface area contributed by atoms with Gasteiger partial charge in [0.05, 0.1) is 0 Å². The van der Waals surface area contributed by atoms with E-state index in [4.69, 9.17) is 9.68 Å². The fourth-order valence-electron chi connectivity index (χ4n) is 6.45. The summed E-state index contributed by atoms with van der Waals surface area (Å²) in [6.07, 6.45) is 3.35. The number of hydroxylamine groups is 4. The Morgan fingerprint density at radius 2 is 0.854 bits per heavy atom. The molecule has 0 amide bonds. The molecule has 2 heterocycles. The van der Waals surface area contributed by atoms with E-state index in [-0.39, 0.29) is 0 Å². The maximum absolute atomic E-state index is 12.8. The molecule has 0 aliphatic carbocycles. The number of nitrogens with zero attached hydrogens (tertiary/aromatic N) is 2. The van der Waals surface area contributed by atoms with Crippen LogP contribution in [0.25, 0.3) is 0 Å². The van der Waals surface area contributed by atoms with Gasteiger partial charge in [-0.25, -0.2) is 9.59 Å². The summed E-state index contributed by atoms with van der Waals surface area (Å²) in [6.45, 7) is 10.7. The molecule has 0 atom stereocenters. The van der Waals surface area contributed by atoms with Gasteiger partial charge in [0.15, 0.2) is 0 Å². The number of benzene rings is 4. The van der Waals surface area contributed by atoms with Gasteiger partial charge in [-0.2, -0.15) is 0 Å². The number of hydrogen-bond acceptors (Lipinski definition) is 8. The summed E-state index contributed by atoms with van der Waals surface area (Å²) in [5.41, 5.74) is 7.64. The Bertz CT molecular complexity index is 1600. The quantitative estimate of drug-likeness (QED) is 0.171. The minimum Gasteiger partial charge on any atom is -0.359 e. The lowest BCUT2D eigenvalue weighted by Crippen LogP contribution is -2.41. The topological polar surface area (TPSA) is 59.1 Å². The van der Waals surface area contributed by atoms with Crippen LogP contribution in [0.15, 0.2) is 105 Å². The van der Waals surface area contributed by atoms with Gasteiger partial charge < -0.3 is 9.68 Å². The minimum atomic E-state index is -0.961. The first-order chi connectivity index (χ1) is 23.2. The number of aryl methyl sites for hydroxylation is 4. The normalized spacial score (nSPS) is 16.5. The van der Waals surface area contributed by atoms with E-state index in [0.29, 0.717) is 38.0 Å². The third kappa shape index (κ3) is 8.91. The largest absolute Gasteiger partial charge is 0.438 e. The average molecular weight is 681 g/mol. The van der Waals surface area contributed by atoms with Crippen molar-refractivity contribution in [2.75, 3.05) is 26.2 Å². The molecule has 0 unspecified atom stereocenters. The average Bonchev–Trinajstić information content (AvgIpc) is 3.09. The van der Waals surface area contributed by atoms with Crippen LogP contribution >= 0.6 is 23.5 Å². The highest BCUT2D eigenvalue weighted by atomic mass is 32.2. The molecule has 6 rings (SSSR count). The molecule has 4 aromatic carbocycles. The Morgan fingerprint density at radius 1 is 0.521 bits per heavy atom. The van der Waals surface area contributed by atoms with Crippen molar-refractivity contribution >= 4 is 35.5 Å². The second-order valence-electron chi connectivity index (χ2n) is 13.1. The standard InChI is InChI=1S/C40H44N2O4S2/c1-27-5-11-33(12-6-27)47-37-15-9-29(3)25-35(37)31-17-21-41(22-18-31)45-39(43)40(44)46-42-23-19-32(20-24-42)36-26-30(4)10-16-38(36)48-34-13-7-28(2)8-14-34/h5-16,25-26,31-32H,17-24H2,1-4H3. The van der Waals surface area contributed by atoms with E-state index in [2.05, 4.69) is 113 Å². The van der Waals surface area contributed by atoms with Crippen molar-refractivity contribution in [1.29, 1.82) is 0 Å². The van der Waals surface area contributed by atoms with E-state index < -0.39 is 11.9 Å². The first-order valence-corrected chi connectivity index (χ1v) is 18.5. The van der Waals surface area contributed by atoms with Crippen LogP contribution in [0.3, 0.4) is 0 Å². The lowest BCUT2D eigenvalue weighted by molar-refractivity contribution is -0.222. The highest BCUT2D eigenvalue weighted by molar-refractivity contribution is 7.99. The SMILES string of the molecule is Cc1ccc(Sc2ccc(C)cc2C2CCN(OC(=O)C(=O)ON3CCC(c4cc(C)ccc4Sc4ccc(C)cc4)CC3)CC2)cc1. The van der Waals surface area contributed by atoms with Gasteiger partial charge in [-0.3, -0.25) is 0 Å². The van der Waals surface area contributed by atoms with Gasteiger partial charge in [-0.1, -0.05) is 94.3 Å². The Balaban J connectivity index is 0.980. The van der Waals surface area contributed by atoms with E-state index in [1.807, 2.05) is 0 Å². The van der Waals surface area contributed by atoms with Crippen LogP contribution in [0, 0.1) is 27.7 Å². The highest BCUT2D eigenvalue weighted by Gasteiger charge is 2.31. The Morgan fingerprint density at radius 3 is 1.21 bits per heavy atom. The molecule has 2 aliphatic rings. The zero-order valence-electron chi connectivity index (χ0n) is 28.2. The number of piperidine rings is 2. The lowest BCUT2D eigenvalue weighted by Gasteiger charge is -2.32. The van der Waals surface area contributed by atoms with Crippen LogP contribution in [0.5, 0.6) is 0 Å². The van der Waals surface area contributed by atoms with Gasteiger partial charge >= 0.3 is 11.9 Å². The van der Waals surface area contributed by atoms with Crippen molar-refractivity contribution in [3.8, 4) is 0 Å². The van der Waals surface area contributed by atoms with Crippen molar-refractivity contribution in [1.82, 2.24) is 10.1 Å². The summed E-state index contributed by atoms with van der Waals surface area (Å²) in [7, 11) is 0. The maximum atomic E-state index is 12.8. The molecule has 0 saturated carbocycles. The Hall–Kier alpha value is -3.56. The summed E-state index contributed by atoms with van der Waals surface area (Å²) >= 11 is 3.58. The predicted octanol–water partition coefficient (Wildman–Crippen LogP) is 9.20. The molecule has 0 radical (unpaired) electrons. The molecule has 8 heteroatoms. The number of hydrogen-bond donors (Lipinski definition) is 0. The summed E-state index contributed by atoms with van der Waals surface area (Å²) in [5, 5.41) is 3.22. The highest BCUT2D eigenvalue weighted by Crippen LogP contribution is 2.40. The molecule has 0 aromatic heterocycles. The fraction of sp³-hybridized carbons (Fsp3) is 0.350. The molecule has 2 aliphatic heterocycles. The second kappa shape index (κ2) is 15.8. The zero-order valence-corrected chi connectivity index (χ0v) is 29.9. The zero-order chi connectivity index (χ0) is 33.6. The van der Waals surface area contributed by atoms with Crippen LogP contribution in [0.1, 0.15) is 70.9 Å². The van der Waals surface area contributed by atoms with Crippen LogP contribution in [0.2, 0.25) is 0 Å². The number of carbonyl (C=O) groups is 2. The molecule has 2 saturated heterocycles. The first-order valence-electron chi connectivity index (χ1n) is 16.8. The summed E-state index contributed by atoms with van der Waals surface area (Å²) in [4.78, 5) is 41.5. The van der Waals surface area contributed by atoms with Gasteiger partial charge in [0.25, 0.3) is 0 Å². The third-order valence-electron chi connectivity index (χ3n) is 9.21. The van der Waals surface area contributed by atoms with E-state index in [0.717, 1.165) is 25.7 Å². The van der Waals surface area contributed by atoms with Crippen LogP contribution < -0.4 is 0 Å². The van der Waals surface area contributed by atoms with E-state index in [1.165, 1.54) is 53.0 Å². The van der Waals surface area contributed by atoms with Gasteiger partial charge in [0.2, 0.25) is 0 Å². The van der Waals surface area contributed by atoms with Gasteiger partial charge in [0.1, 0.15) is 0 Å². The maximum Gasteiger partial charge on any atom is 0.438 e. The predicted molar refractivity (Wildman–Crippen MR) is 192 cm³/mol.